The van der Waals surface area contributed by atoms with Crippen molar-refractivity contribution in [2.75, 3.05) is 13.2 Å². The molecule has 2 bridgehead atoms. The highest BCUT2D eigenvalue weighted by Gasteiger charge is 2.52. The van der Waals surface area contributed by atoms with Crippen LogP contribution in [0.3, 0.4) is 0 Å². The van der Waals surface area contributed by atoms with E-state index < -0.39 is 78.5 Å². The van der Waals surface area contributed by atoms with Gasteiger partial charge in [0.25, 0.3) is 36.6 Å². The molecule has 0 aromatic rings. The molecule has 0 aromatic carbocycles. The van der Waals surface area contributed by atoms with Crippen LogP contribution >= 0.6 is 7.34 Å². The van der Waals surface area contributed by atoms with E-state index in [1.165, 1.54) is 13.1 Å². The highest BCUT2D eigenvalue weighted by Crippen LogP contribution is 2.45. The lowest BCUT2D eigenvalue weighted by Gasteiger charge is -2.39. The summed E-state index contributed by atoms with van der Waals surface area (Å²) in [6, 6.07) is -1.34. The van der Waals surface area contributed by atoms with Crippen molar-refractivity contribution in [3.63, 3.8) is 0 Å². The first-order chi connectivity index (χ1) is 32.4. The summed E-state index contributed by atoms with van der Waals surface area (Å²) in [5.41, 5.74) is 0.114. The molecule has 1 amide bonds. The number of hydrogen-bond acceptors (Lipinski definition) is 11. The van der Waals surface area contributed by atoms with E-state index in [0.717, 1.165) is 17.2 Å². The summed E-state index contributed by atoms with van der Waals surface area (Å²) in [7, 11) is -2.94. The molecular formula is C53H59NO14P+6. The standard InChI is InChI=1S/C53H58NO14P/c1-32-18-14-13-15-19-33(2)44(63-8)30-40-23-21-38(7)53(61,67-40)50(58)51(59)54-25-17-16-20-41(54)52(60)66-45(35(4)28-39-22-24-43(46(29-39)64-9)68-69(11,12)62)31-42(55)34(3)27-37(6)48(57)49(65-10)47(56)36(5)26-32/h18,27,40-41,45,61H,1-11,16-17,20-26,28-31H2,12H3,(H-,56,57,62)/q+5/p+1/t40-,41-,45-,53+,69?/m0/s1. The fraction of sp³-hybridized carbons (Fsp3) is 0.340. The third-order valence-corrected chi connectivity index (χ3v) is 12.1. The zero-order valence-corrected chi connectivity index (χ0v) is 40.0. The van der Waals surface area contributed by atoms with Crippen LogP contribution < -0.4 is 0 Å². The van der Waals surface area contributed by atoms with E-state index in [0.29, 0.717) is 42.8 Å². The quantitative estimate of drug-likeness (QED) is 0.0374. The molecule has 0 spiro atoms. The minimum Gasteiger partial charge on any atom is -0.499 e. The number of ketones is 3. The molecule has 3 N–H and O–H groups in total. The number of allylic oxidation sites excluding steroid dienone is 7. The van der Waals surface area contributed by atoms with Gasteiger partial charge in [-0.05, 0) is 88.0 Å². The van der Waals surface area contributed by atoms with E-state index in [9.17, 15) is 39.1 Å². The Kier molecular flexibility index (Phi) is 19.0. The molecule has 1 radical (unpaired) electrons. The SMILES string of the molecule is C=[O+]C1=C([CH2+])C#CC#C[CH+]C(=C)CC(=C)C(O)=C([O+]=C)C(=O)C(=C)[CH+]C(=C)C(=O)C[C@@H](C(=C)C[C]2CCC(OP(=C)(C)O)=C([O+]=C)C2)OC(=O)[C@@H]2CCCCN2C(=O)C(=O)[C@]2(O)O[C@@H](CCC2=C)C1. The van der Waals surface area contributed by atoms with Crippen molar-refractivity contribution in [2.24, 2.45) is 0 Å². The Bertz CT molecular complexity index is 2560. The lowest BCUT2D eigenvalue weighted by atomic mass is 9.84. The van der Waals surface area contributed by atoms with Crippen LogP contribution in [0.4, 0.5) is 0 Å². The molecule has 2 saturated heterocycles. The second kappa shape index (κ2) is 23.9. The third-order valence-electron chi connectivity index (χ3n) is 11.5. The molecule has 3 aliphatic heterocycles. The Morgan fingerprint density at radius 3 is 2.30 bits per heavy atom. The van der Waals surface area contributed by atoms with Gasteiger partial charge in [0, 0.05) is 45.0 Å². The second-order valence-electron chi connectivity index (χ2n) is 17.0. The summed E-state index contributed by atoms with van der Waals surface area (Å²) in [4.78, 5) is 81.3. The second-order valence-corrected chi connectivity index (χ2v) is 19.3. The van der Waals surface area contributed by atoms with E-state index in [2.05, 4.69) is 96.7 Å². The van der Waals surface area contributed by atoms with Gasteiger partial charge in [0.15, 0.2) is 19.2 Å². The van der Waals surface area contributed by atoms with Crippen molar-refractivity contribution < 1.29 is 66.4 Å². The number of nitrogens with zero attached hydrogens (tertiary/aromatic N) is 1. The number of fused-ring (bicyclic) bond motifs is 3. The highest BCUT2D eigenvalue weighted by atomic mass is 31.2. The predicted octanol–water partition coefficient (Wildman–Crippen LogP) is 6.02. The number of Topliss-reactive ketones (excluding diaryl/α,β-unsaturated/α-hetero) is 3. The molecule has 69 heavy (non-hydrogen) atoms. The first-order valence-electron chi connectivity index (χ1n) is 21.7. The molecule has 359 valence electrons. The largest absolute Gasteiger partial charge is 0.499 e. The maximum Gasteiger partial charge on any atom is 0.472 e. The Labute approximate surface area is 404 Å². The van der Waals surface area contributed by atoms with Gasteiger partial charge in [-0.3, -0.25) is 9.59 Å². The number of rotatable bonds is 8. The molecule has 4 aliphatic rings. The normalized spacial score (nSPS) is 25.7. The number of hydrogen-bond donors (Lipinski definition) is 3. The van der Waals surface area contributed by atoms with Gasteiger partial charge in [0.05, 0.1) is 36.9 Å². The van der Waals surface area contributed by atoms with Gasteiger partial charge in [0.2, 0.25) is 17.3 Å². The number of piperidine rings is 1. The third kappa shape index (κ3) is 14.3. The van der Waals surface area contributed by atoms with Crippen LogP contribution in [-0.4, -0.2) is 113 Å². The van der Waals surface area contributed by atoms with E-state index >= 15 is 0 Å². The molecule has 15 nitrogen and oxygen atoms in total. The molecule has 2 fully saturated rings. The predicted molar refractivity (Wildman–Crippen MR) is 262 cm³/mol. The molecule has 4 rings (SSSR count). The molecule has 3 heterocycles. The highest BCUT2D eigenvalue weighted by molar-refractivity contribution is 7.62. The van der Waals surface area contributed by atoms with Gasteiger partial charge in [-0.2, -0.15) is 4.42 Å². The van der Waals surface area contributed by atoms with Crippen molar-refractivity contribution in [3.05, 3.63) is 133 Å². The van der Waals surface area contributed by atoms with E-state index in [-0.39, 0.29) is 90.7 Å². The van der Waals surface area contributed by atoms with Crippen LogP contribution in [0.25, 0.3) is 0 Å². The van der Waals surface area contributed by atoms with Crippen molar-refractivity contribution in [1.82, 2.24) is 4.90 Å². The number of aliphatic hydroxyl groups is 2. The van der Waals surface area contributed by atoms with E-state index in [1.54, 1.807) is 0 Å². The fourth-order valence-electron chi connectivity index (χ4n) is 7.76. The zero-order valence-electron chi connectivity index (χ0n) is 39.1. The van der Waals surface area contributed by atoms with Crippen LogP contribution in [0.5, 0.6) is 0 Å². The Hall–Kier alpha value is -6.87. The number of esters is 1. The van der Waals surface area contributed by atoms with Gasteiger partial charge in [-0.25, -0.2) is 23.2 Å². The van der Waals surface area contributed by atoms with E-state index in [1.807, 2.05) is 0 Å². The molecule has 5 atom stereocenters. The number of carbonyl (C=O) groups is 5. The molecule has 0 saturated carbocycles. The Balaban J connectivity index is 1.74. The van der Waals surface area contributed by atoms with Crippen molar-refractivity contribution >= 4 is 63.2 Å². The maximum absolute atomic E-state index is 14.3. The lowest BCUT2D eigenvalue weighted by molar-refractivity contribution is -0.394. The molecule has 1 unspecified atom stereocenters. The van der Waals surface area contributed by atoms with Gasteiger partial charge < -0.3 is 34.0 Å². The van der Waals surface area contributed by atoms with Gasteiger partial charge in [0.1, 0.15) is 35.6 Å². The number of ether oxygens (including phenoxy) is 2. The maximum atomic E-state index is 14.3. The summed E-state index contributed by atoms with van der Waals surface area (Å²) in [6.07, 6.45) is 5.48. The average Bonchev–Trinajstić information content (AvgIpc) is 3.30. The van der Waals surface area contributed by atoms with Crippen LogP contribution in [-0.2, 0) is 51.2 Å². The number of cyclic esters (lactones) is 1. The summed E-state index contributed by atoms with van der Waals surface area (Å²) >= 11 is 0. The van der Waals surface area contributed by atoms with E-state index in [4.69, 9.17) is 27.3 Å². The molecule has 16 heteroatoms. The molecule has 1 aliphatic carbocycles. The van der Waals surface area contributed by atoms with Gasteiger partial charge in [-0.1, -0.05) is 19.7 Å². The van der Waals surface area contributed by atoms with Crippen LogP contribution in [0.15, 0.2) is 107 Å². The zero-order chi connectivity index (χ0) is 51.4. The Morgan fingerprint density at radius 1 is 0.957 bits per heavy atom. The topological polar surface area (TPSA) is 211 Å². The first kappa shape index (κ1) is 54.7. The number of aliphatic hydroxyl groups excluding tert-OH is 1. The van der Waals surface area contributed by atoms with Crippen molar-refractivity contribution in [2.45, 2.75) is 101 Å². The number of carbonyl (C=O) groups excluding carboxylic acids is 8. The van der Waals surface area contributed by atoms with Gasteiger partial charge >= 0.3 is 35.8 Å². The summed E-state index contributed by atoms with van der Waals surface area (Å²) in [5, 5.41) is 22.8. The molecule has 0 aromatic heterocycles. The molecular weight excluding hydrogens is 906 g/mol. The minimum absolute atomic E-state index is 0.00574. The number of amides is 1. The lowest BCUT2D eigenvalue weighted by Crippen LogP contribution is -2.59. The smallest absolute Gasteiger partial charge is 0.472 e. The fourth-order valence-corrected chi connectivity index (χ4v) is 8.43. The Morgan fingerprint density at radius 2 is 1.65 bits per heavy atom. The monoisotopic (exact) mass is 964 g/mol. The van der Waals surface area contributed by atoms with Crippen LogP contribution in [0, 0.1) is 49.4 Å². The summed E-state index contributed by atoms with van der Waals surface area (Å²) < 4.78 is 33.2. The average molecular weight is 965 g/mol. The van der Waals surface area contributed by atoms with Crippen LogP contribution in [0.1, 0.15) is 77.0 Å². The van der Waals surface area contributed by atoms with Gasteiger partial charge in [-0.15, -0.1) is 0 Å². The van der Waals surface area contributed by atoms with Crippen LogP contribution in [0.2, 0.25) is 0 Å². The van der Waals surface area contributed by atoms with Crippen molar-refractivity contribution in [1.29, 1.82) is 0 Å². The summed E-state index contributed by atoms with van der Waals surface area (Å²) in [5.74, 6) is 3.04. The van der Waals surface area contributed by atoms with Crippen molar-refractivity contribution in [3.8, 4) is 23.7 Å². The summed E-state index contributed by atoms with van der Waals surface area (Å²) in [6.45, 7) is 38.9. The first-order valence-corrected chi connectivity index (χ1v) is 24.0. The minimum atomic E-state index is -2.94.